The summed E-state index contributed by atoms with van der Waals surface area (Å²) >= 11 is 1.47. The van der Waals surface area contributed by atoms with Gasteiger partial charge in [-0.25, -0.2) is 4.79 Å². The average Bonchev–Trinajstić information content (AvgIpc) is 2.66. The van der Waals surface area contributed by atoms with Crippen LogP contribution in [-0.2, 0) is 19.2 Å². The number of carboxylic acids is 1. The molecule has 28 heavy (non-hydrogen) atoms. The third-order valence-electron chi connectivity index (χ3n) is 4.30. The number of nitrogens with two attached hydrogens (primary N) is 1. The van der Waals surface area contributed by atoms with Crippen molar-refractivity contribution in [3.05, 3.63) is 0 Å². The van der Waals surface area contributed by atoms with Gasteiger partial charge in [0.1, 0.15) is 24.2 Å². The highest BCUT2D eigenvalue weighted by Crippen LogP contribution is 2.10. The summed E-state index contributed by atoms with van der Waals surface area (Å²) < 4.78 is 0. The lowest BCUT2D eigenvalue weighted by molar-refractivity contribution is -0.142. The van der Waals surface area contributed by atoms with Gasteiger partial charge in [-0.2, -0.15) is 11.8 Å². The number of carbonyl (C=O) groups is 4. The van der Waals surface area contributed by atoms with Crippen molar-refractivity contribution < 1.29 is 29.4 Å². The molecule has 5 unspecified atom stereocenters. The van der Waals surface area contributed by atoms with Crippen LogP contribution in [0.15, 0.2) is 0 Å². The molecular formula is C17H32N4O6S. The van der Waals surface area contributed by atoms with E-state index >= 15 is 0 Å². The molecule has 0 bridgehead atoms. The van der Waals surface area contributed by atoms with Crippen molar-refractivity contribution in [1.82, 2.24) is 16.0 Å². The van der Waals surface area contributed by atoms with Crippen molar-refractivity contribution in [1.29, 1.82) is 0 Å². The van der Waals surface area contributed by atoms with Crippen molar-refractivity contribution in [3.8, 4) is 0 Å². The second-order valence-electron chi connectivity index (χ2n) is 6.57. The number of amides is 3. The number of hydrogen-bond donors (Lipinski definition) is 6. The molecule has 0 heterocycles. The number of hydrogen-bond acceptors (Lipinski definition) is 7. The minimum atomic E-state index is -1.16. The Hall–Kier alpha value is -1.85. The molecular weight excluding hydrogens is 388 g/mol. The van der Waals surface area contributed by atoms with Crippen molar-refractivity contribution in [2.75, 3.05) is 18.6 Å². The molecule has 3 amide bonds. The lowest BCUT2D eigenvalue weighted by Crippen LogP contribution is -2.58. The Morgan fingerprint density at radius 1 is 1.04 bits per heavy atom. The van der Waals surface area contributed by atoms with Gasteiger partial charge in [-0.3, -0.25) is 14.4 Å². The molecule has 7 N–H and O–H groups in total. The first-order valence-corrected chi connectivity index (χ1v) is 10.5. The largest absolute Gasteiger partial charge is 0.480 e. The summed E-state index contributed by atoms with van der Waals surface area (Å²) in [6.07, 6.45) is 2.66. The summed E-state index contributed by atoms with van der Waals surface area (Å²) in [6.45, 7) is 4.45. The lowest BCUT2D eigenvalue weighted by atomic mass is 9.97. The van der Waals surface area contributed by atoms with Gasteiger partial charge in [0.15, 0.2) is 0 Å². The molecule has 10 nitrogen and oxygen atoms in total. The third-order valence-corrected chi connectivity index (χ3v) is 4.95. The second-order valence-corrected chi connectivity index (χ2v) is 7.56. The molecule has 0 aromatic heterocycles. The van der Waals surface area contributed by atoms with E-state index in [1.54, 1.807) is 6.92 Å². The first-order valence-electron chi connectivity index (χ1n) is 9.08. The number of thioether (sulfide) groups is 1. The van der Waals surface area contributed by atoms with E-state index in [9.17, 15) is 24.3 Å². The highest BCUT2D eigenvalue weighted by atomic mass is 32.2. The fourth-order valence-corrected chi connectivity index (χ4v) is 2.68. The minimum absolute atomic E-state index is 0.259. The fraction of sp³-hybridized carbons (Fsp3) is 0.765. The van der Waals surface area contributed by atoms with Crippen LogP contribution in [0.25, 0.3) is 0 Å². The van der Waals surface area contributed by atoms with Crippen LogP contribution >= 0.6 is 11.8 Å². The number of aliphatic carboxylic acids is 1. The number of nitrogens with one attached hydrogen (secondary N) is 3. The predicted molar refractivity (Wildman–Crippen MR) is 107 cm³/mol. The van der Waals surface area contributed by atoms with Crippen LogP contribution < -0.4 is 21.7 Å². The zero-order valence-corrected chi connectivity index (χ0v) is 17.5. The Labute approximate surface area is 169 Å². The Bertz CT molecular complexity index is 548. The molecule has 0 rings (SSSR count). The summed E-state index contributed by atoms with van der Waals surface area (Å²) in [5, 5.41) is 25.5. The van der Waals surface area contributed by atoms with Gasteiger partial charge in [-0.15, -0.1) is 0 Å². The van der Waals surface area contributed by atoms with E-state index < -0.39 is 54.5 Å². The van der Waals surface area contributed by atoms with E-state index in [-0.39, 0.29) is 12.3 Å². The number of carbonyl (C=O) groups excluding carboxylic acids is 3. The predicted octanol–water partition coefficient (Wildman–Crippen LogP) is -1.34. The van der Waals surface area contributed by atoms with Crippen molar-refractivity contribution >= 4 is 35.5 Å². The molecule has 0 spiro atoms. The Balaban J connectivity index is 5.10. The van der Waals surface area contributed by atoms with Gasteiger partial charge in [-0.05, 0) is 31.3 Å². The summed E-state index contributed by atoms with van der Waals surface area (Å²) in [4.78, 5) is 48.1. The first kappa shape index (κ1) is 26.1. The topological polar surface area (TPSA) is 171 Å². The molecule has 162 valence electrons. The van der Waals surface area contributed by atoms with E-state index in [0.717, 1.165) is 0 Å². The Kier molecular flexibility index (Phi) is 12.5. The number of rotatable bonds is 13. The molecule has 0 saturated carbocycles. The monoisotopic (exact) mass is 420 g/mol. The smallest absolute Gasteiger partial charge is 0.326 e. The molecule has 0 saturated heterocycles. The van der Waals surface area contributed by atoms with E-state index in [1.165, 1.54) is 18.7 Å². The van der Waals surface area contributed by atoms with E-state index in [1.807, 2.05) is 13.2 Å². The standard InChI is InChI=1S/C17H32N4O6S/c1-5-9(2)13(16(25)20-12(17(26)27)6-7-28-4)21-14(23)10(3)19-15(24)11(18)8-22/h9-13,22H,5-8,18H2,1-4H3,(H,19,24)(H,20,25)(H,21,23)(H,26,27). The van der Waals surface area contributed by atoms with Gasteiger partial charge in [-0.1, -0.05) is 20.3 Å². The van der Waals surface area contributed by atoms with Crippen LogP contribution in [0.5, 0.6) is 0 Å². The maximum absolute atomic E-state index is 12.6. The number of carboxylic acid groups (broad SMARTS) is 1. The van der Waals surface area contributed by atoms with Crippen LogP contribution in [0.1, 0.15) is 33.6 Å². The zero-order chi connectivity index (χ0) is 21.9. The first-order chi connectivity index (χ1) is 13.1. The van der Waals surface area contributed by atoms with E-state index in [0.29, 0.717) is 12.2 Å². The zero-order valence-electron chi connectivity index (χ0n) is 16.7. The van der Waals surface area contributed by atoms with Crippen molar-refractivity contribution in [3.63, 3.8) is 0 Å². The van der Waals surface area contributed by atoms with Crippen molar-refractivity contribution in [2.24, 2.45) is 11.7 Å². The Morgan fingerprint density at radius 3 is 2.11 bits per heavy atom. The van der Waals surface area contributed by atoms with Gasteiger partial charge >= 0.3 is 5.97 Å². The number of aliphatic hydroxyl groups is 1. The van der Waals surface area contributed by atoms with Gasteiger partial charge in [0, 0.05) is 0 Å². The van der Waals surface area contributed by atoms with Crippen LogP contribution in [0, 0.1) is 5.92 Å². The minimum Gasteiger partial charge on any atom is -0.480 e. The van der Waals surface area contributed by atoms with Crippen LogP contribution in [0.2, 0.25) is 0 Å². The Morgan fingerprint density at radius 2 is 1.64 bits per heavy atom. The van der Waals surface area contributed by atoms with Crippen molar-refractivity contribution in [2.45, 2.75) is 57.8 Å². The molecule has 0 aromatic carbocycles. The summed E-state index contributed by atoms with van der Waals surface area (Å²) in [6, 6.07) is -4.16. The summed E-state index contributed by atoms with van der Waals surface area (Å²) in [5.41, 5.74) is 5.39. The highest BCUT2D eigenvalue weighted by Gasteiger charge is 2.31. The maximum Gasteiger partial charge on any atom is 0.326 e. The van der Waals surface area contributed by atoms with Crippen LogP contribution in [-0.4, -0.2) is 76.7 Å². The third kappa shape index (κ3) is 8.89. The molecule has 0 fully saturated rings. The normalized spacial score (nSPS) is 16.2. The molecule has 0 aromatic rings. The second kappa shape index (κ2) is 13.3. The number of aliphatic hydroxyl groups excluding tert-OH is 1. The molecule has 0 aliphatic carbocycles. The molecule has 0 aliphatic rings. The van der Waals surface area contributed by atoms with Gasteiger partial charge < -0.3 is 31.9 Å². The molecule has 11 heteroatoms. The van der Waals surface area contributed by atoms with E-state index in [4.69, 9.17) is 10.8 Å². The van der Waals surface area contributed by atoms with Gasteiger partial charge in [0.25, 0.3) is 0 Å². The SMILES string of the molecule is CCC(C)C(NC(=O)C(C)NC(=O)C(N)CO)C(=O)NC(CCSC)C(=O)O. The summed E-state index contributed by atoms with van der Waals surface area (Å²) in [5.74, 6) is -2.75. The average molecular weight is 421 g/mol. The van der Waals surface area contributed by atoms with Crippen LogP contribution in [0.3, 0.4) is 0 Å². The lowest BCUT2D eigenvalue weighted by Gasteiger charge is -2.27. The highest BCUT2D eigenvalue weighted by molar-refractivity contribution is 7.98. The molecule has 0 aliphatic heterocycles. The van der Waals surface area contributed by atoms with Crippen LogP contribution in [0.4, 0.5) is 0 Å². The van der Waals surface area contributed by atoms with E-state index in [2.05, 4.69) is 16.0 Å². The van der Waals surface area contributed by atoms with Gasteiger partial charge in [0.2, 0.25) is 17.7 Å². The quantitative estimate of drug-likeness (QED) is 0.213. The van der Waals surface area contributed by atoms with Gasteiger partial charge in [0.05, 0.1) is 6.61 Å². The molecule has 0 radical (unpaired) electrons. The fourth-order valence-electron chi connectivity index (χ4n) is 2.20. The molecule has 5 atom stereocenters. The summed E-state index contributed by atoms with van der Waals surface area (Å²) in [7, 11) is 0. The maximum atomic E-state index is 12.6.